The van der Waals surface area contributed by atoms with E-state index in [2.05, 4.69) is 39.0 Å². The first kappa shape index (κ1) is 25.5. The second-order valence-electron chi connectivity index (χ2n) is 10.8. The van der Waals surface area contributed by atoms with Crippen LogP contribution in [0.1, 0.15) is 49.9 Å². The zero-order chi connectivity index (χ0) is 26.2. The van der Waals surface area contributed by atoms with Gasteiger partial charge in [-0.15, -0.1) is 0 Å². The van der Waals surface area contributed by atoms with Crippen molar-refractivity contribution in [2.75, 3.05) is 44.2 Å². The number of rotatable bonds is 6. The molecule has 3 aliphatic heterocycles. The number of carbonyl (C=O) groups is 3. The Morgan fingerprint density at radius 3 is 2.43 bits per heavy atom. The van der Waals surface area contributed by atoms with Gasteiger partial charge in [-0.1, -0.05) is 18.0 Å². The minimum absolute atomic E-state index is 0.102. The van der Waals surface area contributed by atoms with Crippen LogP contribution in [0.25, 0.3) is 10.4 Å². The molecular weight excluding hydrogens is 474 g/mol. The average molecular weight is 510 g/mol. The Hall–Kier alpha value is -3.14. The SMILES string of the molecule is CC(C)N1CCN(c2ccc(C(=O)NC3(C(=O)N4C[C@@H](N=[N+]=[N-])[C@H]5OCC(=O)[C@H]54)CCCC3)cc2)CC1. The molecule has 2 amide bonds. The molecule has 0 aromatic heterocycles. The van der Waals surface area contributed by atoms with E-state index in [4.69, 9.17) is 10.3 Å². The number of fused-ring (bicyclic) bond motifs is 1. The quantitative estimate of drug-likeness (QED) is 0.355. The fourth-order valence-electron chi connectivity index (χ4n) is 6.26. The molecule has 0 spiro atoms. The molecule has 3 heterocycles. The third-order valence-corrected chi connectivity index (χ3v) is 8.38. The molecule has 198 valence electrons. The predicted molar refractivity (Wildman–Crippen MR) is 137 cm³/mol. The number of nitrogens with zero attached hydrogens (tertiary/aromatic N) is 6. The number of azide groups is 1. The molecule has 1 aromatic rings. The van der Waals surface area contributed by atoms with Crippen molar-refractivity contribution < 1.29 is 19.1 Å². The number of ether oxygens (including phenoxy) is 1. The molecule has 11 nitrogen and oxygen atoms in total. The summed E-state index contributed by atoms with van der Waals surface area (Å²) in [7, 11) is 0. The minimum Gasteiger partial charge on any atom is -0.369 e. The highest BCUT2D eigenvalue weighted by Crippen LogP contribution is 2.37. The zero-order valence-corrected chi connectivity index (χ0v) is 21.5. The van der Waals surface area contributed by atoms with E-state index >= 15 is 0 Å². The van der Waals surface area contributed by atoms with Gasteiger partial charge >= 0.3 is 0 Å². The van der Waals surface area contributed by atoms with E-state index in [9.17, 15) is 14.4 Å². The number of likely N-dealkylation sites (tertiary alicyclic amines) is 1. The molecule has 1 saturated carbocycles. The number of benzene rings is 1. The van der Waals surface area contributed by atoms with Crippen LogP contribution in [0.15, 0.2) is 29.4 Å². The highest BCUT2D eigenvalue weighted by molar-refractivity contribution is 6.01. The average Bonchev–Trinajstić information content (AvgIpc) is 3.62. The molecule has 1 aromatic carbocycles. The number of hydrogen-bond donors (Lipinski definition) is 1. The molecule has 0 bridgehead atoms. The summed E-state index contributed by atoms with van der Waals surface area (Å²) in [4.78, 5) is 48.9. The van der Waals surface area contributed by atoms with Gasteiger partial charge < -0.3 is 19.9 Å². The molecule has 37 heavy (non-hydrogen) atoms. The predicted octanol–water partition coefficient (Wildman–Crippen LogP) is 2.12. The lowest BCUT2D eigenvalue weighted by Crippen LogP contribution is -2.60. The fraction of sp³-hybridized carbons (Fsp3) is 0.654. The van der Waals surface area contributed by atoms with Gasteiger partial charge in [0.1, 0.15) is 18.2 Å². The summed E-state index contributed by atoms with van der Waals surface area (Å²) in [5.41, 5.74) is 9.43. The van der Waals surface area contributed by atoms with E-state index < -0.39 is 23.7 Å². The Kier molecular flexibility index (Phi) is 7.11. The second kappa shape index (κ2) is 10.3. The van der Waals surface area contributed by atoms with Gasteiger partial charge in [0.15, 0.2) is 5.78 Å². The molecule has 11 heteroatoms. The van der Waals surface area contributed by atoms with E-state index in [1.54, 1.807) is 0 Å². The third-order valence-electron chi connectivity index (χ3n) is 8.38. The number of Topliss-reactive ketones (excluding diaryl/α,β-unsaturated/α-hetero) is 1. The van der Waals surface area contributed by atoms with Crippen LogP contribution in [0.2, 0.25) is 0 Å². The molecule has 0 unspecified atom stereocenters. The highest BCUT2D eigenvalue weighted by atomic mass is 16.5. The van der Waals surface area contributed by atoms with Crippen molar-refractivity contribution in [3.63, 3.8) is 0 Å². The van der Waals surface area contributed by atoms with E-state index in [0.29, 0.717) is 24.4 Å². The van der Waals surface area contributed by atoms with Crippen LogP contribution in [0.5, 0.6) is 0 Å². The van der Waals surface area contributed by atoms with Gasteiger partial charge in [0.2, 0.25) is 5.91 Å². The lowest BCUT2D eigenvalue weighted by molar-refractivity contribution is -0.142. The van der Waals surface area contributed by atoms with Crippen molar-refractivity contribution in [1.29, 1.82) is 0 Å². The van der Waals surface area contributed by atoms with Crippen LogP contribution >= 0.6 is 0 Å². The first-order valence-electron chi connectivity index (χ1n) is 13.2. The number of anilines is 1. The largest absolute Gasteiger partial charge is 0.369 e. The zero-order valence-electron chi connectivity index (χ0n) is 21.5. The maximum Gasteiger partial charge on any atom is 0.252 e. The second-order valence-corrected chi connectivity index (χ2v) is 10.8. The number of carbonyl (C=O) groups excluding carboxylic acids is 3. The van der Waals surface area contributed by atoms with Crippen LogP contribution in [0.4, 0.5) is 5.69 Å². The maximum absolute atomic E-state index is 13.9. The number of hydrogen-bond acceptors (Lipinski definition) is 7. The molecule has 5 rings (SSSR count). The molecule has 4 fully saturated rings. The summed E-state index contributed by atoms with van der Waals surface area (Å²) < 4.78 is 5.56. The fourth-order valence-corrected chi connectivity index (χ4v) is 6.26. The van der Waals surface area contributed by atoms with Crippen LogP contribution < -0.4 is 10.2 Å². The van der Waals surface area contributed by atoms with Crippen molar-refractivity contribution in [3.8, 4) is 0 Å². The number of amides is 2. The molecule has 3 atom stereocenters. The first-order valence-corrected chi connectivity index (χ1v) is 13.2. The Morgan fingerprint density at radius 2 is 1.81 bits per heavy atom. The van der Waals surface area contributed by atoms with Crippen molar-refractivity contribution >= 4 is 23.3 Å². The van der Waals surface area contributed by atoms with E-state index in [-0.39, 0.29) is 30.7 Å². The van der Waals surface area contributed by atoms with E-state index in [0.717, 1.165) is 44.7 Å². The van der Waals surface area contributed by atoms with Gasteiger partial charge in [-0.3, -0.25) is 19.3 Å². The Balaban J connectivity index is 1.29. The smallest absolute Gasteiger partial charge is 0.252 e. The summed E-state index contributed by atoms with van der Waals surface area (Å²) >= 11 is 0. The number of ketones is 1. The molecule has 4 aliphatic rings. The summed E-state index contributed by atoms with van der Waals surface area (Å²) in [6.45, 7) is 8.34. The number of nitrogens with one attached hydrogen (secondary N) is 1. The van der Waals surface area contributed by atoms with Gasteiger partial charge in [0.05, 0.1) is 12.1 Å². The monoisotopic (exact) mass is 509 g/mol. The Labute approximate surface area is 216 Å². The number of piperazine rings is 1. The standard InChI is InChI=1S/C26H35N7O4/c1-17(2)31-11-13-32(14-12-31)19-7-5-18(6-8-19)24(35)28-26(9-3-4-10-26)25(36)33-15-20(29-30-27)23-22(33)21(34)16-37-23/h5-8,17,20,22-23H,3-4,9-16H2,1-2H3,(H,28,35)/t20-,22-,23-/m1/s1. The summed E-state index contributed by atoms with van der Waals surface area (Å²) in [6, 6.07) is 6.70. The third kappa shape index (κ3) is 4.79. The maximum atomic E-state index is 13.9. The van der Waals surface area contributed by atoms with Crippen molar-refractivity contribution in [3.05, 3.63) is 40.3 Å². The van der Waals surface area contributed by atoms with Gasteiger partial charge in [-0.05, 0) is 56.5 Å². The normalized spacial score (nSPS) is 27.3. The van der Waals surface area contributed by atoms with Crippen molar-refractivity contribution in [2.45, 2.75) is 69.3 Å². The van der Waals surface area contributed by atoms with Crippen LogP contribution in [0, 0.1) is 0 Å². The van der Waals surface area contributed by atoms with Crippen molar-refractivity contribution in [2.24, 2.45) is 5.11 Å². The molecule has 1 aliphatic carbocycles. The summed E-state index contributed by atoms with van der Waals surface area (Å²) in [5.74, 6) is -0.788. The molecule has 0 radical (unpaired) electrons. The summed E-state index contributed by atoms with van der Waals surface area (Å²) in [5, 5.41) is 6.80. The Morgan fingerprint density at radius 1 is 1.14 bits per heavy atom. The van der Waals surface area contributed by atoms with Crippen LogP contribution in [-0.2, 0) is 14.3 Å². The van der Waals surface area contributed by atoms with Gasteiger partial charge in [0.25, 0.3) is 5.91 Å². The van der Waals surface area contributed by atoms with Crippen molar-refractivity contribution in [1.82, 2.24) is 15.1 Å². The topological polar surface area (TPSA) is 131 Å². The lowest BCUT2D eigenvalue weighted by atomic mass is 9.93. The molecule has 1 N–H and O–H groups in total. The first-order chi connectivity index (χ1) is 17.8. The lowest BCUT2D eigenvalue weighted by Gasteiger charge is -2.38. The highest BCUT2D eigenvalue weighted by Gasteiger charge is 2.56. The summed E-state index contributed by atoms with van der Waals surface area (Å²) in [6.07, 6.45) is 1.99. The van der Waals surface area contributed by atoms with Gasteiger partial charge in [-0.25, -0.2) is 0 Å². The van der Waals surface area contributed by atoms with E-state index in [1.807, 2.05) is 24.3 Å². The van der Waals surface area contributed by atoms with E-state index in [1.165, 1.54) is 4.90 Å². The van der Waals surface area contributed by atoms with Crippen LogP contribution in [0.3, 0.4) is 0 Å². The Bertz CT molecular complexity index is 1090. The van der Waals surface area contributed by atoms with Gasteiger partial charge in [0, 0.05) is 54.9 Å². The van der Waals surface area contributed by atoms with Crippen LogP contribution in [-0.4, -0.2) is 96.5 Å². The molecule has 3 saturated heterocycles. The minimum atomic E-state index is -1.08. The van der Waals surface area contributed by atoms with Gasteiger partial charge in [-0.2, -0.15) is 0 Å². The molecular formula is C26H35N7O4.